The van der Waals surface area contributed by atoms with Crippen LogP contribution >= 0.6 is 0 Å². The van der Waals surface area contributed by atoms with E-state index in [1.165, 1.54) is 19.2 Å². The molecule has 104 valence electrons. The van der Waals surface area contributed by atoms with Gasteiger partial charge in [0.2, 0.25) is 0 Å². The van der Waals surface area contributed by atoms with Gasteiger partial charge in [0.05, 0.1) is 0 Å². The molecule has 0 aliphatic heterocycles. The highest BCUT2D eigenvalue weighted by atomic mass is 16.4. The number of rotatable bonds is 5. The van der Waals surface area contributed by atoms with E-state index in [4.69, 9.17) is 5.11 Å². The first-order valence-electron chi connectivity index (χ1n) is 5.80. The van der Waals surface area contributed by atoms with E-state index >= 15 is 0 Å². The van der Waals surface area contributed by atoms with Crippen molar-refractivity contribution in [3.8, 4) is 0 Å². The summed E-state index contributed by atoms with van der Waals surface area (Å²) in [4.78, 5) is 33.6. The lowest BCUT2D eigenvalue weighted by Crippen LogP contribution is -2.44. The van der Waals surface area contributed by atoms with Crippen LogP contribution in [0.25, 0.3) is 0 Å². The van der Waals surface area contributed by atoms with Gasteiger partial charge in [-0.3, -0.25) is 14.4 Å². The summed E-state index contributed by atoms with van der Waals surface area (Å²) < 4.78 is 1.07. The van der Waals surface area contributed by atoms with Crippen molar-refractivity contribution in [2.24, 2.45) is 7.05 Å². The monoisotopic (exact) mass is 267 g/mol. The Bertz CT molecular complexity index is 548. The Morgan fingerprint density at radius 3 is 2.58 bits per heavy atom. The van der Waals surface area contributed by atoms with Gasteiger partial charge in [0.15, 0.2) is 0 Å². The molecule has 2 N–H and O–H groups in total. The molecular formula is C12H17N3O4. The molecule has 0 unspecified atom stereocenters. The molecule has 0 aromatic carbocycles. The molecule has 0 aliphatic rings. The van der Waals surface area contributed by atoms with Gasteiger partial charge < -0.3 is 10.4 Å². The lowest BCUT2D eigenvalue weighted by Gasteiger charge is -2.25. The van der Waals surface area contributed by atoms with Crippen molar-refractivity contribution in [1.29, 1.82) is 0 Å². The molecule has 1 amide bonds. The quantitative estimate of drug-likeness (QED) is 0.791. The molecule has 19 heavy (non-hydrogen) atoms. The maximum Gasteiger partial charge on any atom is 0.303 e. The van der Waals surface area contributed by atoms with Crippen LogP contribution in [0.2, 0.25) is 0 Å². The molecule has 7 nitrogen and oxygen atoms in total. The van der Waals surface area contributed by atoms with Crippen LogP contribution in [0.4, 0.5) is 0 Å². The van der Waals surface area contributed by atoms with Crippen molar-refractivity contribution in [2.75, 3.05) is 0 Å². The zero-order chi connectivity index (χ0) is 14.6. The predicted octanol–water partition coefficient (Wildman–Crippen LogP) is 0.153. The van der Waals surface area contributed by atoms with Crippen molar-refractivity contribution in [1.82, 2.24) is 15.1 Å². The third kappa shape index (κ3) is 4.53. The molecule has 7 heteroatoms. The molecule has 1 rings (SSSR count). The Balaban J connectivity index is 2.75. The van der Waals surface area contributed by atoms with Crippen LogP contribution in [0.1, 0.15) is 37.2 Å². The second-order valence-electron chi connectivity index (χ2n) is 4.91. The van der Waals surface area contributed by atoms with Gasteiger partial charge in [0.1, 0.15) is 5.69 Å². The predicted molar refractivity (Wildman–Crippen MR) is 67.9 cm³/mol. The number of aromatic nitrogens is 2. The number of aliphatic carboxylic acids is 1. The van der Waals surface area contributed by atoms with Gasteiger partial charge in [-0.25, -0.2) is 4.68 Å². The average Bonchev–Trinajstić information content (AvgIpc) is 2.29. The lowest BCUT2D eigenvalue weighted by atomic mass is 9.98. The van der Waals surface area contributed by atoms with Crippen molar-refractivity contribution < 1.29 is 14.7 Å². The summed E-state index contributed by atoms with van der Waals surface area (Å²) >= 11 is 0. The van der Waals surface area contributed by atoms with Gasteiger partial charge in [-0.1, -0.05) is 0 Å². The fraction of sp³-hybridized carbons (Fsp3) is 0.500. The van der Waals surface area contributed by atoms with Gasteiger partial charge in [-0.15, -0.1) is 0 Å². The summed E-state index contributed by atoms with van der Waals surface area (Å²) in [5, 5.41) is 15.2. The number of hydrogen-bond donors (Lipinski definition) is 2. The fourth-order valence-electron chi connectivity index (χ4n) is 1.48. The number of aryl methyl sites for hydroxylation is 1. The minimum absolute atomic E-state index is 0.0337. The summed E-state index contributed by atoms with van der Waals surface area (Å²) in [7, 11) is 1.45. The van der Waals surface area contributed by atoms with Gasteiger partial charge in [-0.2, -0.15) is 5.10 Å². The van der Waals surface area contributed by atoms with Crippen molar-refractivity contribution in [3.05, 3.63) is 28.2 Å². The van der Waals surface area contributed by atoms with Crippen molar-refractivity contribution in [3.63, 3.8) is 0 Å². The highest BCUT2D eigenvalue weighted by Crippen LogP contribution is 2.11. The van der Waals surface area contributed by atoms with E-state index in [0.29, 0.717) is 6.42 Å². The zero-order valence-electron chi connectivity index (χ0n) is 11.1. The number of carbonyl (C=O) groups excluding carboxylic acids is 1. The summed E-state index contributed by atoms with van der Waals surface area (Å²) in [6.07, 6.45) is 0.272. The highest BCUT2D eigenvalue weighted by molar-refractivity contribution is 5.92. The van der Waals surface area contributed by atoms with Crippen LogP contribution in [0.3, 0.4) is 0 Å². The van der Waals surface area contributed by atoms with Crippen LogP contribution in [0, 0.1) is 0 Å². The SMILES string of the molecule is Cn1nc(C(=O)NC(C)(C)CCC(=O)O)ccc1=O. The molecule has 0 saturated heterocycles. The van der Waals surface area contributed by atoms with E-state index < -0.39 is 17.4 Å². The number of nitrogens with zero attached hydrogens (tertiary/aromatic N) is 2. The fourth-order valence-corrected chi connectivity index (χ4v) is 1.48. The summed E-state index contributed by atoms with van der Waals surface area (Å²) in [6.45, 7) is 3.46. The molecule has 1 aromatic heterocycles. The first-order chi connectivity index (χ1) is 8.71. The van der Waals surface area contributed by atoms with Crippen LogP contribution < -0.4 is 10.9 Å². The maximum atomic E-state index is 11.9. The van der Waals surface area contributed by atoms with Crippen LogP contribution in [0.5, 0.6) is 0 Å². The van der Waals surface area contributed by atoms with Gasteiger partial charge >= 0.3 is 5.97 Å². The number of amides is 1. The van der Waals surface area contributed by atoms with E-state index in [9.17, 15) is 14.4 Å². The first-order valence-corrected chi connectivity index (χ1v) is 5.80. The Morgan fingerprint density at radius 1 is 1.42 bits per heavy atom. The first kappa shape index (κ1) is 14.9. The Labute approximate surface area is 110 Å². The third-order valence-electron chi connectivity index (χ3n) is 2.61. The molecule has 1 heterocycles. The maximum absolute atomic E-state index is 11.9. The van der Waals surface area contributed by atoms with Crippen LogP contribution in [-0.4, -0.2) is 32.3 Å². The second kappa shape index (κ2) is 5.64. The minimum Gasteiger partial charge on any atom is -0.481 e. The normalized spacial score (nSPS) is 11.1. The van der Waals surface area contributed by atoms with Crippen molar-refractivity contribution in [2.45, 2.75) is 32.2 Å². The number of carbonyl (C=O) groups is 2. The average molecular weight is 267 g/mol. The minimum atomic E-state index is -0.914. The summed E-state index contributed by atoms with van der Waals surface area (Å²) in [5.41, 5.74) is -0.849. The van der Waals surface area contributed by atoms with Gasteiger partial charge in [-0.05, 0) is 26.3 Å². The standard InChI is InChI=1S/C12H17N3O4/c1-12(2,7-6-10(17)18)13-11(19)8-4-5-9(16)15(3)14-8/h4-5H,6-7H2,1-3H3,(H,13,19)(H,17,18). The molecule has 0 atom stereocenters. The number of hydrogen-bond acceptors (Lipinski definition) is 4. The number of carboxylic acid groups (broad SMARTS) is 1. The summed E-state index contributed by atoms with van der Waals surface area (Å²) in [5.74, 6) is -1.35. The smallest absolute Gasteiger partial charge is 0.303 e. The van der Waals surface area contributed by atoms with E-state index in [1.807, 2.05) is 0 Å². The van der Waals surface area contributed by atoms with Crippen LogP contribution in [-0.2, 0) is 11.8 Å². The van der Waals surface area contributed by atoms with Crippen molar-refractivity contribution >= 4 is 11.9 Å². The van der Waals surface area contributed by atoms with Gasteiger partial charge in [0, 0.05) is 25.1 Å². The largest absolute Gasteiger partial charge is 0.481 e. The highest BCUT2D eigenvalue weighted by Gasteiger charge is 2.23. The zero-order valence-corrected chi connectivity index (χ0v) is 11.1. The lowest BCUT2D eigenvalue weighted by molar-refractivity contribution is -0.137. The molecular weight excluding hydrogens is 250 g/mol. The van der Waals surface area contributed by atoms with E-state index in [2.05, 4.69) is 10.4 Å². The Hall–Kier alpha value is -2.18. The molecule has 0 saturated carbocycles. The third-order valence-corrected chi connectivity index (χ3v) is 2.61. The second-order valence-corrected chi connectivity index (χ2v) is 4.91. The summed E-state index contributed by atoms with van der Waals surface area (Å²) in [6, 6.07) is 2.59. The number of carboxylic acids is 1. The molecule has 0 aliphatic carbocycles. The Morgan fingerprint density at radius 2 is 2.05 bits per heavy atom. The molecule has 0 bridgehead atoms. The topological polar surface area (TPSA) is 101 Å². The van der Waals surface area contributed by atoms with E-state index in [0.717, 1.165) is 4.68 Å². The molecule has 0 fully saturated rings. The molecule has 0 radical (unpaired) electrons. The molecule has 1 aromatic rings. The van der Waals surface area contributed by atoms with E-state index in [1.54, 1.807) is 13.8 Å². The van der Waals surface area contributed by atoms with E-state index in [-0.39, 0.29) is 17.7 Å². The number of nitrogens with one attached hydrogen (secondary N) is 1. The Kier molecular flexibility index (Phi) is 4.42. The van der Waals surface area contributed by atoms with Crippen LogP contribution in [0.15, 0.2) is 16.9 Å². The molecule has 0 spiro atoms. The van der Waals surface area contributed by atoms with Gasteiger partial charge in [0.25, 0.3) is 11.5 Å².